The zero-order valence-corrected chi connectivity index (χ0v) is 10.6. The van der Waals surface area contributed by atoms with E-state index in [0.29, 0.717) is 6.54 Å². The molecule has 8 heteroatoms. The van der Waals surface area contributed by atoms with Gasteiger partial charge in [-0.2, -0.15) is 18.3 Å². The summed E-state index contributed by atoms with van der Waals surface area (Å²) in [7, 11) is 0. The van der Waals surface area contributed by atoms with E-state index in [1.807, 2.05) is 19.2 Å². The van der Waals surface area contributed by atoms with Crippen molar-refractivity contribution in [3.05, 3.63) is 21.6 Å². The van der Waals surface area contributed by atoms with Gasteiger partial charge in [0.15, 0.2) is 0 Å². The highest BCUT2D eigenvalue weighted by Crippen LogP contribution is 2.19. The van der Waals surface area contributed by atoms with Crippen molar-refractivity contribution < 1.29 is 13.2 Å². The van der Waals surface area contributed by atoms with Crippen LogP contribution in [-0.2, 0) is 6.54 Å². The third kappa shape index (κ3) is 4.21. The van der Waals surface area contributed by atoms with E-state index in [4.69, 9.17) is 11.6 Å². The number of alkyl halides is 3. The number of halogens is 4. The highest BCUT2D eigenvalue weighted by molar-refractivity contribution is 6.32. The summed E-state index contributed by atoms with van der Waals surface area (Å²) in [4.78, 5) is 11.7. The number of aromatic nitrogens is 2. The quantitative estimate of drug-likeness (QED) is 0.924. The van der Waals surface area contributed by atoms with Crippen LogP contribution in [0, 0.1) is 5.92 Å². The molecule has 0 saturated heterocycles. The van der Waals surface area contributed by atoms with Crippen molar-refractivity contribution in [3.8, 4) is 0 Å². The smallest absolute Gasteiger partial charge is 0.374 e. The minimum atomic E-state index is -4.38. The summed E-state index contributed by atoms with van der Waals surface area (Å²) in [5, 5.41) is 5.53. The molecule has 0 aliphatic heterocycles. The molecule has 0 atom stereocenters. The van der Waals surface area contributed by atoms with Gasteiger partial charge in [-0.05, 0) is 5.92 Å². The zero-order chi connectivity index (χ0) is 13.9. The Labute approximate surface area is 107 Å². The Morgan fingerprint density at radius 3 is 2.61 bits per heavy atom. The second kappa shape index (κ2) is 5.60. The molecule has 18 heavy (non-hydrogen) atoms. The zero-order valence-electron chi connectivity index (χ0n) is 9.88. The van der Waals surface area contributed by atoms with Crippen molar-refractivity contribution in [1.29, 1.82) is 0 Å². The Morgan fingerprint density at radius 2 is 2.11 bits per heavy atom. The van der Waals surface area contributed by atoms with Crippen LogP contribution in [0.1, 0.15) is 13.8 Å². The van der Waals surface area contributed by atoms with Crippen LogP contribution in [0.2, 0.25) is 5.02 Å². The molecule has 0 saturated carbocycles. The predicted octanol–water partition coefficient (Wildman–Crippen LogP) is 2.53. The molecular weight excluding hydrogens is 271 g/mol. The van der Waals surface area contributed by atoms with Crippen molar-refractivity contribution in [2.75, 3.05) is 11.9 Å². The summed E-state index contributed by atoms with van der Waals surface area (Å²) in [5.41, 5.74) is -0.712. The van der Waals surface area contributed by atoms with Crippen molar-refractivity contribution in [2.45, 2.75) is 26.6 Å². The molecule has 1 N–H and O–H groups in total. The van der Waals surface area contributed by atoms with Gasteiger partial charge in [-0.1, -0.05) is 25.4 Å². The van der Waals surface area contributed by atoms with Crippen molar-refractivity contribution in [3.63, 3.8) is 0 Å². The molecule has 102 valence electrons. The van der Waals surface area contributed by atoms with Gasteiger partial charge in [0.05, 0.1) is 11.9 Å². The summed E-state index contributed by atoms with van der Waals surface area (Å²) in [6, 6.07) is 0. The minimum Gasteiger partial charge on any atom is -0.374 e. The molecule has 0 bridgehead atoms. The molecule has 0 aliphatic rings. The summed E-state index contributed by atoms with van der Waals surface area (Å²) in [5.74, 6) is 0.181. The first kappa shape index (κ1) is 14.8. The van der Waals surface area contributed by atoms with Crippen molar-refractivity contribution in [1.82, 2.24) is 9.78 Å². The number of nitrogens with one attached hydrogen (secondary N) is 1. The Kier molecular flexibility index (Phi) is 4.61. The lowest BCUT2D eigenvalue weighted by Gasteiger charge is -2.12. The molecule has 0 radical (unpaired) electrons. The molecule has 0 amide bonds. The molecule has 0 aliphatic carbocycles. The molecule has 0 spiro atoms. The van der Waals surface area contributed by atoms with E-state index in [0.717, 1.165) is 10.9 Å². The van der Waals surface area contributed by atoms with Crippen LogP contribution in [0.15, 0.2) is 11.0 Å². The standard InChI is InChI=1S/C10H13ClF3N3O/c1-6(2)4-17-9(18)8(11)7(3-16-17)15-5-10(12,13)14/h3,6,15H,4-5H2,1-2H3. The Morgan fingerprint density at radius 1 is 1.50 bits per heavy atom. The van der Waals surface area contributed by atoms with Crippen LogP contribution in [0.5, 0.6) is 0 Å². The van der Waals surface area contributed by atoms with Gasteiger partial charge < -0.3 is 5.32 Å². The molecule has 1 heterocycles. The first-order valence-electron chi connectivity index (χ1n) is 5.27. The van der Waals surface area contributed by atoms with Crippen LogP contribution >= 0.6 is 11.6 Å². The fourth-order valence-electron chi connectivity index (χ4n) is 1.26. The number of hydrogen-bond acceptors (Lipinski definition) is 3. The fourth-order valence-corrected chi connectivity index (χ4v) is 1.47. The van der Waals surface area contributed by atoms with Crippen molar-refractivity contribution >= 4 is 17.3 Å². The fraction of sp³-hybridized carbons (Fsp3) is 0.600. The lowest BCUT2D eigenvalue weighted by molar-refractivity contribution is -0.115. The third-order valence-corrected chi connectivity index (χ3v) is 2.37. The topological polar surface area (TPSA) is 46.9 Å². The highest BCUT2D eigenvalue weighted by atomic mass is 35.5. The van der Waals surface area contributed by atoms with Crippen LogP contribution < -0.4 is 10.9 Å². The largest absolute Gasteiger partial charge is 0.405 e. The summed E-state index contributed by atoms with van der Waals surface area (Å²) < 4.78 is 37.2. The first-order chi connectivity index (χ1) is 8.20. The molecule has 1 rings (SSSR count). The van der Waals surface area contributed by atoms with Crippen molar-refractivity contribution in [2.24, 2.45) is 5.92 Å². The number of hydrogen-bond donors (Lipinski definition) is 1. The molecule has 0 unspecified atom stereocenters. The maximum atomic E-state index is 12.0. The Hall–Kier alpha value is -1.24. The van der Waals surface area contributed by atoms with Crippen LogP contribution in [0.25, 0.3) is 0 Å². The van der Waals surface area contributed by atoms with Crippen LogP contribution in [0.3, 0.4) is 0 Å². The summed E-state index contributed by atoms with van der Waals surface area (Å²) in [6.07, 6.45) is -3.26. The lowest BCUT2D eigenvalue weighted by Crippen LogP contribution is -2.28. The molecule has 1 aromatic heterocycles. The maximum absolute atomic E-state index is 12.0. The normalized spacial score (nSPS) is 11.9. The van der Waals surface area contributed by atoms with Gasteiger partial charge in [0.1, 0.15) is 11.6 Å². The number of anilines is 1. The number of nitrogens with zero attached hydrogens (tertiary/aromatic N) is 2. The third-order valence-electron chi connectivity index (χ3n) is 2.00. The first-order valence-corrected chi connectivity index (χ1v) is 5.64. The van der Waals surface area contributed by atoms with E-state index in [1.165, 1.54) is 0 Å². The molecule has 1 aromatic rings. The Bertz CT molecular complexity index is 470. The molecule has 0 aromatic carbocycles. The van der Waals surface area contributed by atoms with E-state index >= 15 is 0 Å². The predicted molar refractivity (Wildman–Crippen MR) is 62.9 cm³/mol. The molecule has 4 nitrogen and oxygen atoms in total. The van der Waals surface area contributed by atoms with Gasteiger partial charge in [-0.25, -0.2) is 4.68 Å². The second-order valence-corrected chi connectivity index (χ2v) is 4.60. The highest BCUT2D eigenvalue weighted by Gasteiger charge is 2.27. The Balaban J connectivity index is 2.91. The van der Waals surface area contributed by atoms with E-state index < -0.39 is 18.3 Å². The van der Waals surface area contributed by atoms with E-state index in [2.05, 4.69) is 5.10 Å². The van der Waals surface area contributed by atoms with Gasteiger partial charge >= 0.3 is 6.18 Å². The minimum absolute atomic E-state index is 0.112. The van der Waals surface area contributed by atoms with E-state index in [-0.39, 0.29) is 16.6 Å². The molecular formula is C10H13ClF3N3O. The maximum Gasteiger partial charge on any atom is 0.405 e. The SMILES string of the molecule is CC(C)Cn1ncc(NCC(F)(F)F)c(Cl)c1=O. The van der Waals surface area contributed by atoms with E-state index in [1.54, 1.807) is 0 Å². The second-order valence-electron chi connectivity index (χ2n) is 4.22. The summed E-state index contributed by atoms with van der Waals surface area (Å²) in [6.45, 7) is 2.87. The monoisotopic (exact) mass is 283 g/mol. The number of rotatable bonds is 4. The van der Waals surface area contributed by atoms with Gasteiger partial charge in [0.2, 0.25) is 0 Å². The van der Waals surface area contributed by atoms with Gasteiger partial charge in [-0.3, -0.25) is 4.79 Å². The average molecular weight is 284 g/mol. The average Bonchev–Trinajstić information content (AvgIpc) is 2.22. The van der Waals surface area contributed by atoms with E-state index in [9.17, 15) is 18.0 Å². The van der Waals surface area contributed by atoms with Crippen LogP contribution in [-0.4, -0.2) is 22.5 Å². The molecule has 0 fully saturated rings. The van der Waals surface area contributed by atoms with Crippen LogP contribution in [0.4, 0.5) is 18.9 Å². The van der Waals surface area contributed by atoms with Gasteiger partial charge in [0, 0.05) is 6.54 Å². The summed E-state index contributed by atoms with van der Waals surface area (Å²) >= 11 is 5.71. The lowest BCUT2D eigenvalue weighted by atomic mass is 10.2. The van der Waals surface area contributed by atoms with Gasteiger partial charge in [-0.15, -0.1) is 0 Å². The van der Waals surface area contributed by atoms with Gasteiger partial charge in [0.25, 0.3) is 5.56 Å².